The fourth-order valence-corrected chi connectivity index (χ4v) is 2.96. The van der Waals surface area contributed by atoms with Crippen LogP contribution >= 0.6 is 23.2 Å². The van der Waals surface area contributed by atoms with Gasteiger partial charge in [0.15, 0.2) is 6.10 Å². The first-order valence-corrected chi connectivity index (χ1v) is 8.03. The Hall–Kier alpha value is -1.71. The fourth-order valence-electron chi connectivity index (χ4n) is 2.46. The van der Waals surface area contributed by atoms with E-state index >= 15 is 0 Å². The monoisotopic (exact) mass is 351 g/mol. The van der Waals surface area contributed by atoms with E-state index in [1.165, 1.54) is 0 Å². The molecule has 0 aliphatic rings. The third-order valence-electron chi connectivity index (χ3n) is 3.44. The first kappa shape index (κ1) is 17.6. The van der Waals surface area contributed by atoms with Gasteiger partial charge in [-0.1, -0.05) is 40.9 Å². The molecule has 0 bridgehead atoms. The highest BCUT2D eigenvalue weighted by Crippen LogP contribution is 2.26. The van der Waals surface area contributed by atoms with E-state index in [4.69, 9.17) is 27.9 Å². The standard InChI is InChI=1S/C18H19Cl2NO2/c1-10-5-11(2)17(12(3)6-10)21-18(22)13(4)23-16-8-14(19)7-15(20)9-16/h5-9,13H,1-4H3,(H,21,22)/t13-/m0/s1. The summed E-state index contributed by atoms with van der Waals surface area (Å²) in [5.74, 6) is 0.235. The van der Waals surface area contributed by atoms with Gasteiger partial charge in [-0.25, -0.2) is 0 Å². The van der Waals surface area contributed by atoms with E-state index in [1.54, 1.807) is 25.1 Å². The number of aryl methyl sites for hydroxylation is 3. The second-order valence-electron chi connectivity index (χ2n) is 5.63. The van der Waals surface area contributed by atoms with E-state index in [-0.39, 0.29) is 5.91 Å². The van der Waals surface area contributed by atoms with Crippen molar-refractivity contribution >= 4 is 34.8 Å². The van der Waals surface area contributed by atoms with Crippen molar-refractivity contribution < 1.29 is 9.53 Å². The van der Waals surface area contributed by atoms with Crippen LogP contribution in [0.2, 0.25) is 10.0 Å². The zero-order valence-electron chi connectivity index (χ0n) is 13.5. The van der Waals surface area contributed by atoms with Gasteiger partial charge in [0, 0.05) is 15.7 Å². The van der Waals surface area contributed by atoms with Crippen molar-refractivity contribution in [1.29, 1.82) is 0 Å². The average molecular weight is 352 g/mol. The maximum atomic E-state index is 12.4. The van der Waals surface area contributed by atoms with Gasteiger partial charge in [0.25, 0.3) is 5.91 Å². The number of hydrogen-bond donors (Lipinski definition) is 1. The first-order valence-electron chi connectivity index (χ1n) is 7.27. The molecule has 0 aliphatic heterocycles. The number of nitrogens with one attached hydrogen (secondary N) is 1. The lowest BCUT2D eigenvalue weighted by Crippen LogP contribution is -2.30. The van der Waals surface area contributed by atoms with Crippen molar-refractivity contribution in [3.63, 3.8) is 0 Å². The number of amides is 1. The van der Waals surface area contributed by atoms with Crippen LogP contribution in [0.1, 0.15) is 23.6 Å². The first-order chi connectivity index (χ1) is 10.8. The Labute approximate surface area is 146 Å². The van der Waals surface area contributed by atoms with Gasteiger partial charge in [-0.15, -0.1) is 0 Å². The van der Waals surface area contributed by atoms with Crippen molar-refractivity contribution in [2.45, 2.75) is 33.8 Å². The van der Waals surface area contributed by atoms with Gasteiger partial charge in [-0.2, -0.15) is 0 Å². The summed E-state index contributed by atoms with van der Waals surface area (Å²) in [6, 6.07) is 8.93. The molecule has 0 unspecified atom stereocenters. The van der Waals surface area contributed by atoms with E-state index in [0.717, 1.165) is 22.4 Å². The minimum absolute atomic E-state index is 0.226. The predicted molar refractivity (Wildman–Crippen MR) is 95.8 cm³/mol. The largest absolute Gasteiger partial charge is 0.481 e. The number of rotatable bonds is 4. The maximum absolute atomic E-state index is 12.4. The Balaban J connectivity index is 2.11. The smallest absolute Gasteiger partial charge is 0.265 e. The lowest BCUT2D eigenvalue weighted by molar-refractivity contribution is -0.122. The SMILES string of the molecule is Cc1cc(C)c(NC(=O)[C@H](C)Oc2cc(Cl)cc(Cl)c2)c(C)c1. The Bertz CT molecular complexity index is 701. The topological polar surface area (TPSA) is 38.3 Å². The Morgan fingerprint density at radius 1 is 1.00 bits per heavy atom. The molecule has 1 atom stereocenters. The lowest BCUT2D eigenvalue weighted by atomic mass is 10.0. The summed E-state index contributed by atoms with van der Waals surface area (Å²) in [5.41, 5.74) is 4.03. The number of ether oxygens (including phenoxy) is 1. The zero-order valence-corrected chi connectivity index (χ0v) is 15.0. The fraction of sp³-hybridized carbons (Fsp3) is 0.278. The Kier molecular flexibility index (Phi) is 5.55. The van der Waals surface area contributed by atoms with Gasteiger partial charge in [0.05, 0.1) is 0 Å². The number of benzene rings is 2. The summed E-state index contributed by atoms with van der Waals surface area (Å²) < 4.78 is 5.63. The summed E-state index contributed by atoms with van der Waals surface area (Å²) in [7, 11) is 0. The van der Waals surface area contributed by atoms with Crippen molar-refractivity contribution in [3.05, 3.63) is 57.1 Å². The van der Waals surface area contributed by atoms with Gasteiger partial charge in [0.2, 0.25) is 0 Å². The van der Waals surface area contributed by atoms with Crippen molar-refractivity contribution in [3.8, 4) is 5.75 Å². The minimum Gasteiger partial charge on any atom is -0.481 e. The highest BCUT2D eigenvalue weighted by molar-refractivity contribution is 6.34. The molecular weight excluding hydrogens is 333 g/mol. The minimum atomic E-state index is -0.676. The lowest BCUT2D eigenvalue weighted by Gasteiger charge is -2.18. The molecular formula is C18H19Cl2NO2. The van der Waals surface area contributed by atoms with Gasteiger partial charge in [0.1, 0.15) is 5.75 Å². The van der Waals surface area contributed by atoms with Crippen LogP contribution < -0.4 is 10.1 Å². The summed E-state index contributed by atoms with van der Waals surface area (Å²) in [4.78, 5) is 12.4. The molecule has 1 amide bonds. The van der Waals surface area contributed by atoms with E-state index in [0.29, 0.717) is 15.8 Å². The highest BCUT2D eigenvalue weighted by atomic mass is 35.5. The van der Waals surface area contributed by atoms with Crippen LogP contribution in [-0.4, -0.2) is 12.0 Å². The number of anilines is 1. The van der Waals surface area contributed by atoms with Gasteiger partial charge in [-0.3, -0.25) is 4.79 Å². The van der Waals surface area contributed by atoms with E-state index in [2.05, 4.69) is 5.32 Å². The van der Waals surface area contributed by atoms with E-state index in [9.17, 15) is 4.79 Å². The van der Waals surface area contributed by atoms with E-state index < -0.39 is 6.10 Å². The summed E-state index contributed by atoms with van der Waals surface area (Å²) in [6.45, 7) is 7.65. The van der Waals surface area contributed by atoms with Crippen LogP contribution in [0.3, 0.4) is 0 Å². The number of carbonyl (C=O) groups is 1. The molecule has 2 aromatic rings. The summed E-state index contributed by atoms with van der Waals surface area (Å²) in [5, 5.41) is 3.85. The van der Waals surface area contributed by atoms with Crippen LogP contribution in [0, 0.1) is 20.8 Å². The highest BCUT2D eigenvalue weighted by Gasteiger charge is 2.17. The molecule has 0 radical (unpaired) electrons. The molecule has 0 aromatic heterocycles. The zero-order chi connectivity index (χ0) is 17.1. The number of hydrogen-bond acceptors (Lipinski definition) is 2. The number of halogens is 2. The Morgan fingerprint density at radius 3 is 2.04 bits per heavy atom. The van der Waals surface area contributed by atoms with Crippen molar-refractivity contribution in [2.75, 3.05) is 5.32 Å². The number of carbonyl (C=O) groups excluding carboxylic acids is 1. The van der Waals surface area contributed by atoms with Crippen LogP contribution in [0.25, 0.3) is 0 Å². The van der Waals surface area contributed by atoms with Crippen LogP contribution in [0.15, 0.2) is 30.3 Å². The molecule has 23 heavy (non-hydrogen) atoms. The molecule has 0 saturated heterocycles. The second kappa shape index (κ2) is 7.24. The molecule has 0 fully saturated rings. The molecule has 2 aromatic carbocycles. The van der Waals surface area contributed by atoms with Crippen LogP contribution in [0.4, 0.5) is 5.69 Å². The molecule has 0 saturated carbocycles. The molecule has 0 spiro atoms. The summed E-state index contributed by atoms with van der Waals surface area (Å²) >= 11 is 11.9. The molecule has 0 heterocycles. The summed E-state index contributed by atoms with van der Waals surface area (Å²) in [6.07, 6.45) is -0.676. The predicted octanol–water partition coefficient (Wildman–Crippen LogP) is 5.32. The third kappa shape index (κ3) is 4.63. The van der Waals surface area contributed by atoms with Gasteiger partial charge >= 0.3 is 0 Å². The normalized spacial score (nSPS) is 11.9. The van der Waals surface area contributed by atoms with Crippen LogP contribution in [0.5, 0.6) is 5.75 Å². The molecule has 0 aliphatic carbocycles. The molecule has 5 heteroatoms. The van der Waals surface area contributed by atoms with Crippen molar-refractivity contribution in [1.82, 2.24) is 0 Å². The third-order valence-corrected chi connectivity index (χ3v) is 3.88. The van der Waals surface area contributed by atoms with Crippen molar-refractivity contribution in [2.24, 2.45) is 0 Å². The maximum Gasteiger partial charge on any atom is 0.265 e. The molecule has 3 nitrogen and oxygen atoms in total. The van der Waals surface area contributed by atoms with Crippen LogP contribution in [-0.2, 0) is 4.79 Å². The molecule has 122 valence electrons. The van der Waals surface area contributed by atoms with Gasteiger partial charge < -0.3 is 10.1 Å². The van der Waals surface area contributed by atoms with Gasteiger partial charge in [-0.05, 0) is 57.0 Å². The van der Waals surface area contributed by atoms with E-state index in [1.807, 2.05) is 32.9 Å². The molecule has 1 N–H and O–H groups in total. The quantitative estimate of drug-likeness (QED) is 0.808. The molecule has 2 rings (SSSR count). The second-order valence-corrected chi connectivity index (χ2v) is 6.50. The average Bonchev–Trinajstić information content (AvgIpc) is 2.41. The Morgan fingerprint density at radius 2 is 1.52 bits per heavy atom.